The summed E-state index contributed by atoms with van der Waals surface area (Å²) in [7, 11) is 3.59. The minimum Gasteiger partial charge on any atom is -0.359 e. The Hall–Kier alpha value is -1.89. The quantitative estimate of drug-likeness (QED) is 0.811. The van der Waals surface area contributed by atoms with Crippen LogP contribution in [0.25, 0.3) is 0 Å². The summed E-state index contributed by atoms with van der Waals surface area (Å²) < 4.78 is 1.97. The smallest absolute Gasteiger partial charge is 0.225 e. The first kappa shape index (κ1) is 15.5. The molecule has 21 heavy (non-hydrogen) atoms. The van der Waals surface area contributed by atoms with Crippen molar-refractivity contribution in [2.75, 3.05) is 33.2 Å². The molecule has 2 heterocycles. The first-order valence-corrected chi connectivity index (χ1v) is 7.17. The summed E-state index contributed by atoms with van der Waals surface area (Å²) in [6, 6.07) is 0. The summed E-state index contributed by atoms with van der Waals surface area (Å²) in [5.41, 5.74) is 0. The second-order valence-corrected chi connectivity index (χ2v) is 5.47. The van der Waals surface area contributed by atoms with Crippen molar-refractivity contribution in [2.24, 2.45) is 13.0 Å². The summed E-state index contributed by atoms with van der Waals surface area (Å²) in [5, 5.41) is 2.69. The molecule has 1 atom stereocenters. The minimum absolute atomic E-state index is 0.0164. The van der Waals surface area contributed by atoms with Crippen LogP contribution in [0.4, 0.5) is 0 Å². The fraction of sp³-hybridized carbons (Fsp3) is 0.643. The number of rotatable bonds is 3. The highest BCUT2D eigenvalue weighted by Gasteiger charge is 2.28. The number of amides is 2. The fourth-order valence-corrected chi connectivity index (χ4v) is 2.63. The third-order valence-electron chi connectivity index (χ3n) is 3.95. The van der Waals surface area contributed by atoms with Gasteiger partial charge in [-0.05, 0) is 0 Å². The van der Waals surface area contributed by atoms with Crippen LogP contribution in [0.15, 0.2) is 12.4 Å². The third kappa shape index (κ3) is 3.81. The van der Waals surface area contributed by atoms with Crippen LogP contribution >= 0.6 is 0 Å². The van der Waals surface area contributed by atoms with Gasteiger partial charge in [-0.3, -0.25) is 14.5 Å². The van der Waals surface area contributed by atoms with E-state index < -0.39 is 0 Å². The van der Waals surface area contributed by atoms with Crippen LogP contribution in [-0.4, -0.2) is 64.4 Å². The lowest BCUT2D eigenvalue weighted by Gasteiger charge is -2.22. The van der Waals surface area contributed by atoms with Crippen LogP contribution in [0.1, 0.15) is 12.7 Å². The molecule has 1 aromatic rings. The van der Waals surface area contributed by atoms with Gasteiger partial charge in [0.15, 0.2) is 0 Å². The van der Waals surface area contributed by atoms with E-state index >= 15 is 0 Å². The van der Waals surface area contributed by atoms with E-state index in [9.17, 15) is 9.59 Å². The molecule has 116 valence electrons. The molecule has 0 radical (unpaired) electrons. The molecule has 1 aliphatic rings. The molecule has 0 bridgehead atoms. The number of aryl methyl sites for hydroxylation is 1. The van der Waals surface area contributed by atoms with Crippen LogP contribution in [0.5, 0.6) is 0 Å². The SMILES string of the molecule is CNC(=O)[C@H]1CN(Cc2nccn2C)CCN(C(C)=O)C1. The van der Waals surface area contributed by atoms with Crippen molar-refractivity contribution < 1.29 is 9.59 Å². The Bertz CT molecular complexity index is 513. The van der Waals surface area contributed by atoms with Gasteiger partial charge in [0.25, 0.3) is 0 Å². The van der Waals surface area contributed by atoms with Gasteiger partial charge in [-0.2, -0.15) is 0 Å². The number of carbonyl (C=O) groups excluding carboxylic acids is 2. The second-order valence-electron chi connectivity index (χ2n) is 5.47. The Labute approximate surface area is 124 Å². The molecule has 0 aromatic carbocycles. The molecule has 0 unspecified atom stereocenters. The van der Waals surface area contributed by atoms with Gasteiger partial charge in [-0.25, -0.2) is 4.98 Å². The normalized spacial score (nSPS) is 20.1. The molecule has 1 aliphatic heterocycles. The average Bonchev–Trinajstić information content (AvgIpc) is 2.74. The number of hydrogen-bond acceptors (Lipinski definition) is 4. The Kier molecular flexibility index (Phi) is 4.95. The Morgan fingerprint density at radius 2 is 2.14 bits per heavy atom. The molecule has 7 nitrogen and oxygen atoms in total. The standard InChI is InChI=1S/C14H23N5O2/c1-11(20)19-7-6-18(8-12(9-19)14(21)15-2)10-13-16-4-5-17(13)3/h4-5,12H,6-10H2,1-3H3,(H,15,21)/t12-/m0/s1. The molecule has 2 amide bonds. The lowest BCUT2D eigenvalue weighted by atomic mass is 10.1. The van der Waals surface area contributed by atoms with Gasteiger partial charge in [0.05, 0.1) is 12.5 Å². The molecule has 0 spiro atoms. The molecule has 7 heteroatoms. The van der Waals surface area contributed by atoms with Gasteiger partial charge in [-0.15, -0.1) is 0 Å². The Balaban J connectivity index is 2.10. The minimum atomic E-state index is -0.207. The van der Waals surface area contributed by atoms with Gasteiger partial charge in [-0.1, -0.05) is 0 Å². The molecule has 1 aromatic heterocycles. The zero-order chi connectivity index (χ0) is 15.4. The molecule has 0 aliphatic carbocycles. The molecule has 0 saturated carbocycles. The molecule has 1 saturated heterocycles. The van der Waals surface area contributed by atoms with E-state index in [4.69, 9.17) is 0 Å². The van der Waals surface area contributed by atoms with Crippen LogP contribution in [0, 0.1) is 5.92 Å². The lowest BCUT2D eigenvalue weighted by molar-refractivity contribution is -0.130. The van der Waals surface area contributed by atoms with Crippen LogP contribution in [0.2, 0.25) is 0 Å². The van der Waals surface area contributed by atoms with Crippen molar-refractivity contribution in [1.82, 2.24) is 24.7 Å². The molecule has 1 fully saturated rings. The van der Waals surface area contributed by atoms with Gasteiger partial charge >= 0.3 is 0 Å². The number of nitrogens with zero attached hydrogens (tertiary/aromatic N) is 4. The highest BCUT2D eigenvalue weighted by molar-refractivity contribution is 5.80. The zero-order valence-corrected chi connectivity index (χ0v) is 12.9. The monoisotopic (exact) mass is 293 g/mol. The largest absolute Gasteiger partial charge is 0.359 e. The first-order valence-electron chi connectivity index (χ1n) is 7.17. The van der Waals surface area contributed by atoms with Crippen molar-refractivity contribution in [2.45, 2.75) is 13.5 Å². The number of nitrogens with one attached hydrogen (secondary N) is 1. The van der Waals surface area contributed by atoms with E-state index in [1.54, 1.807) is 25.1 Å². The number of imidazole rings is 1. The number of carbonyl (C=O) groups is 2. The van der Waals surface area contributed by atoms with Crippen molar-refractivity contribution in [3.05, 3.63) is 18.2 Å². The summed E-state index contributed by atoms with van der Waals surface area (Å²) >= 11 is 0. The van der Waals surface area contributed by atoms with Gasteiger partial charge in [0, 0.05) is 59.6 Å². The predicted molar refractivity (Wildman–Crippen MR) is 78.3 cm³/mol. The van der Waals surface area contributed by atoms with E-state index in [1.165, 1.54) is 0 Å². The van der Waals surface area contributed by atoms with Crippen molar-refractivity contribution in [3.8, 4) is 0 Å². The fourth-order valence-electron chi connectivity index (χ4n) is 2.63. The number of aromatic nitrogens is 2. The van der Waals surface area contributed by atoms with Crippen LogP contribution in [-0.2, 0) is 23.2 Å². The third-order valence-corrected chi connectivity index (χ3v) is 3.95. The maximum absolute atomic E-state index is 12.0. The van der Waals surface area contributed by atoms with E-state index in [-0.39, 0.29) is 17.7 Å². The molecule has 1 N–H and O–H groups in total. The zero-order valence-electron chi connectivity index (χ0n) is 12.9. The van der Waals surface area contributed by atoms with Gasteiger partial charge in [0.1, 0.15) is 5.82 Å². The highest BCUT2D eigenvalue weighted by Crippen LogP contribution is 2.13. The van der Waals surface area contributed by atoms with Gasteiger partial charge < -0.3 is 14.8 Å². The van der Waals surface area contributed by atoms with E-state index in [1.807, 2.05) is 17.8 Å². The Morgan fingerprint density at radius 1 is 1.38 bits per heavy atom. The van der Waals surface area contributed by atoms with E-state index in [2.05, 4.69) is 15.2 Å². The first-order chi connectivity index (χ1) is 10.0. The molecular weight excluding hydrogens is 270 g/mol. The second kappa shape index (κ2) is 6.71. The topological polar surface area (TPSA) is 70.5 Å². The summed E-state index contributed by atoms with van der Waals surface area (Å²) in [6.07, 6.45) is 3.68. The van der Waals surface area contributed by atoms with Crippen molar-refractivity contribution >= 4 is 11.8 Å². The van der Waals surface area contributed by atoms with Crippen molar-refractivity contribution in [3.63, 3.8) is 0 Å². The molecule has 2 rings (SSSR count). The summed E-state index contributed by atoms with van der Waals surface area (Å²) in [5.74, 6) is 0.749. The van der Waals surface area contributed by atoms with Gasteiger partial charge in [0.2, 0.25) is 11.8 Å². The summed E-state index contributed by atoms with van der Waals surface area (Å²) in [6.45, 7) is 4.74. The van der Waals surface area contributed by atoms with Crippen molar-refractivity contribution in [1.29, 1.82) is 0 Å². The van der Waals surface area contributed by atoms with Crippen LogP contribution in [0.3, 0.4) is 0 Å². The van der Waals surface area contributed by atoms with E-state index in [0.717, 1.165) is 12.4 Å². The highest BCUT2D eigenvalue weighted by atomic mass is 16.2. The maximum atomic E-state index is 12.0. The van der Waals surface area contributed by atoms with E-state index in [0.29, 0.717) is 26.2 Å². The van der Waals surface area contributed by atoms with Crippen LogP contribution < -0.4 is 5.32 Å². The lowest BCUT2D eigenvalue weighted by Crippen LogP contribution is -2.41. The predicted octanol–water partition coefficient (Wildman–Crippen LogP) is -0.554. The molecular formula is C14H23N5O2. The maximum Gasteiger partial charge on any atom is 0.225 e. The Morgan fingerprint density at radius 3 is 2.71 bits per heavy atom. The number of hydrogen-bond donors (Lipinski definition) is 1. The average molecular weight is 293 g/mol. The summed E-state index contributed by atoms with van der Waals surface area (Å²) in [4.78, 5) is 31.9.